The van der Waals surface area contributed by atoms with E-state index in [-0.39, 0.29) is 25.6 Å². The van der Waals surface area contributed by atoms with Gasteiger partial charge in [-0.2, -0.15) is 0 Å². The van der Waals surface area contributed by atoms with Gasteiger partial charge < -0.3 is 29.7 Å². The summed E-state index contributed by atoms with van der Waals surface area (Å²) in [5.74, 6) is -0.247. The summed E-state index contributed by atoms with van der Waals surface area (Å²) in [5, 5.41) is 27.5. The fourth-order valence-corrected chi connectivity index (χ4v) is 5.86. The number of aliphatic hydroxyl groups excluding tert-OH is 3. The predicted octanol–water partition coefficient (Wildman–Crippen LogP) is 8.99. The molecular weight excluding hydrogens is 699 g/mol. The Kier molecular flexibility index (Phi) is 34.2. The SMILES string of the molecule is CC(C)CCCCCCCCCCCC(=O)O[C@H](COC(=O)CCC/C=C\C/C=C\C/C=C\C/C=C\CCC[C@@H](C)O)COP(=O)(O)OC[C@@H](O)CO. The Bertz CT molecular complexity index is 1050. The van der Waals surface area contributed by atoms with E-state index in [0.717, 1.165) is 63.7 Å². The van der Waals surface area contributed by atoms with Crippen molar-refractivity contribution in [2.75, 3.05) is 26.4 Å². The molecule has 0 aromatic heterocycles. The molecule has 4 N–H and O–H groups in total. The van der Waals surface area contributed by atoms with Gasteiger partial charge in [-0.05, 0) is 70.6 Å². The second-order valence-electron chi connectivity index (χ2n) is 14.1. The van der Waals surface area contributed by atoms with Crippen molar-refractivity contribution in [3.05, 3.63) is 48.6 Å². The van der Waals surface area contributed by atoms with Crippen molar-refractivity contribution in [2.24, 2.45) is 5.92 Å². The monoisotopic (exact) mass is 772 g/mol. The first-order valence-electron chi connectivity index (χ1n) is 20.0. The van der Waals surface area contributed by atoms with Crippen LogP contribution < -0.4 is 0 Å². The predicted molar refractivity (Wildman–Crippen MR) is 211 cm³/mol. The lowest BCUT2D eigenvalue weighted by molar-refractivity contribution is -0.161. The van der Waals surface area contributed by atoms with Crippen molar-refractivity contribution < 1.29 is 52.9 Å². The number of hydrogen-bond acceptors (Lipinski definition) is 10. The minimum Gasteiger partial charge on any atom is -0.462 e. The summed E-state index contributed by atoms with van der Waals surface area (Å²) in [4.78, 5) is 34.8. The van der Waals surface area contributed by atoms with Crippen LogP contribution in [0.3, 0.4) is 0 Å². The molecule has 308 valence electrons. The van der Waals surface area contributed by atoms with Crippen molar-refractivity contribution in [2.45, 2.75) is 167 Å². The summed E-state index contributed by atoms with van der Waals surface area (Å²) in [7, 11) is -4.63. The Balaban J connectivity index is 4.43. The summed E-state index contributed by atoms with van der Waals surface area (Å²) in [6, 6.07) is 0. The zero-order valence-corrected chi connectivity index (χ0v) is 33.9. The first-order chi connectivity index (χ1) is 25.4. The lowest BCUT2D eigenvalue weighted by atomic mass is 10.0. The van der Waals surface area contributed by atoms with Gasteiger partial charge in [-0.15, -0.1) is 0 Å². The van der Waals surface area contributed by atoms with E-state index in [1.165, 1.54) is 38.5 Å². The molecule has 0 heterocycles. The fraction of sp³-hybridized carbons (Fsp3) is 0.756. The van der Waals surface area contributed by atoms with Gasteiger partial charge in [0.15, 0.2) is 6.10 Å². The number of aliphatic hydroxyl groups is 3. The highest BCUT2D eigenvalue weighted by Gasteiger charge is 2.27. The number of rotatable bonds is 36. The number of phosphoric ester groups is 1. The first kappa shape index (κ1) is 50.9. The van der Waals surface area contributed by atoms with Gasteiger partial charge in [-0.25, -0.2) is 4.57 Å². The number of ether oxygens (including phenoxy) is 2. The molecule has 0 aliphatic carbocycles. The summed E-state index contributed by atoms with van der Waals surface area (Å²) >= 11 is 0. The second-order valence-corrected chi connectivity index (χ2v) is 15.5. The summed E-state index contributed by atoms with van der Waals surface area (Å²) in [6.45, 7) is 4.12. The lowest BCUT2D eigenvalue weighted by Gasteiger charge is -2.20. The summed E-state index contributed by atoms with van der Waals surface area (Å²) in [5.41, 5.74) is 0. The van der Waals surface area contributed by atoms with Crippen LogP contribution in [0.15, 0.2) is 48.6 Å². The molecule has 12 heteroatoms. The molecule has 4 atom stereocenters. The number of hydrogen-bond donors (Lipinski definition) is 4. The maximum atomic E-state index is 12.5. The van der Waals surface area contributed by atoms with Gasteiger partial charge in [0.1, 0.15) is 12.7 Å². The van der Waals surface area contributed by atoms with Crippen LogP contribution in [0.4, 0.5) is 0 Å². The van der Waals surface area contributed by atoms with Crippen LogP contribution in [0.25, 0.3) is 0 Å². The normalized spacial score (nSPS) is 15.2. The Labute approximate surface area is 320 Å². The number of esters is 2. The third-order valence-corrected chi connectivity index (χ3v) is 9.13. The topological polar surface area (TPSA) is 169 Å². The first-order valence-corrected chi connectivity index (χ1v) is 21.5. The minimum atomic E-state index is -4.63. The van der Waals surface area contributed by atoms with Crippen molar-refractivity contribution in [3.8, 4) is 0 Å². The van der Waals surface area contributed by atoms with Crippen molar-refractivity contribution in [1.29, 1.82) is 0 Å². The molecule has 0 aromatic rings. The van der Waals surface area contributed by atoms with E-state index in [1.54, 1.807) is 0 Å². The van der Waals surface area contributed by atoms with E-state index in [2.05, 4.69) is 54.8 Å². The van der Waals surface area contributed by atoms with Crippen molar-refractivity contribution in [3.63, 3.8) is 0 Å². The van der Waals surface area contributed by atoms with Gasteiger partial charge in [0, 0.05) is 12.8 Å². The van der Waals surface area contributed by atoms with E-state index >= 15 is 0 Å². The van der Waals surface area contributed by atoms with Gasteiger partial charge in [-0.1, -0.05) is 120 Å². The van der Waals surface area contributed by atoms with Crippen LogP contribution in [0.2, 0.25) is 0 Å². The molecule has 11 nitrogen and oxygen atoms in total. The number of phosphoric acid groups is 1. The largest absolute Gasteiger partial charge is 0.472 e. The maximum absolute atomic E-state index is 12.5. The molecular formula is C41H73O11P. The van der Waals surface area contributed by atoms with E-state index < -0.39 is 51.8 Å². The molecule has 0 saturated carbocycles. The van der Waals surface area contributed by atoms with E-state index in [1.807, 2.05) is 19.1 Å². The molecule has 0 aliphatic heterocycles. The van der Waals surface area contributed by atoms with Gasteiger partial charge in [0.2, 0.25) is 0 Å². The minimum absolute atomic E-state index is 0.153. The highest BCUT2D eigenvalue weighted by Crippen LogP contribution is 2.43. The number of unbranched alkanes of at least 4 members (excludes halogenated alkanes) is 10. The van der Waals surface area contributed by atoms with E-state index in [4.69, 9.17) is 19.1 Å². The zero-order chi connectivity index (χ0) is 39.4. The third kappa shape index (κ3) is 38.0. The molecule has 0 spiro atoms. The average molecular weight is 773 g/mol. The van der Waals surface area contributed by atoms with Crippen LogP contribution >= 0.6 is 7.82 Å². The molecule has 0 bridgehead atoms. The van der Waals surface area contributed by atoms with Gasteiger partial charge in [0.05, 0.1) is 25.9 Å². The number of allylic oxidation sites excluding steroid dienone is 8. The van der Waals surface area contributed by atoms with Crippen LogP contribution in [0.1, 0.15) is 149 Å². The van der Waals surface area contributed by atoms with Crippen LogP contribution in [-0.4, -0.2) is 76.9 Å². The molecule has 0 aromatic carbocycles. The summed E-state index contributed by atoms with van der Waals surface area (Å²) in [6.07, 6.45) is 32.3. The number of carbonyl (C=O) groups excluding carboxylic acids is 2. The van der Waals surface area contributed by atoms with Crippen molar-refractivity contribution in [1.82, 2.24) is 0 Å². The standard InChI is InChI=1S/C41H73O11P/c1-36(2)28-24-20-16-12-11-15-19-23-27-31-41(46)52-39(35-51-53(47,48)50-33-38(44)32-42)34-49-40(45)30-26-22-18-14-10-8-6-4-5-7-9-13-17-21-25-29-37(3)43/h5-8,13-14,17-18,36-39,42-44H,4,9-12,15-16,19-35H2,1-3H3,(H,47,48)/b7-5-,8-6-,17-13-,18-14-/t37-,38+,39-/m1/s1. The molecule has 0 amide bonds. The van der Waals surface area contributed by atoms with E-state index in [9.17, 15) is 29.3 Å². The molecule has 0 rings (SSSR count). The van der Waals surface area contributed by atoms with Crippen LogP contribution in [0, 0.1) is 5.92 Å². The number of carbonyl (C=O) groups is 2. The Morgan fingerprint density at radius 2 is 1.09 bits per heavy atom. The van der Waals surface area contributed by atoms with E-state index in [0.29, 0.717) is 19.3 Å². The molecule has 0 saturated heterocycles. The van der Waals surface area contributed by atoms with Gasteiger partial charge >= 0.3 is 19.8 Å². The lowest BCUT2D eigenvalue weighted by Crippen LogP contribution is -2.29. The molecule has 0 radical (unpaired) electrons. The zero-order valence-electron chi connectivity index (χ0n) is 33.0. The third-order valence-electron chi connectivity index (χ3n) is 8.18. The Morgan fingerprint density at radius 3 is 1.64 bits per heavy atom. The van der Waals surface area contributed by atoms with Crippen LogP contribution in [-0.2, 0) is 32.7 Å². The van der Waals surface area contributed by atoms with Crippen molar-refractivity contribution >= 4 is 19.8 Å². The fourth-order valence-electron chi connectivity index (χ4n) is 5.07. The Hall–Kier alpha value is -2.11. The molecule has 53 heavy (non-hydrogen) atoms. The molecule has 0 aliphatic rings. The maximum Gasteiger partial charge on any atom is 0.472 e. The van der Waals surface area contributed by atoms with Crippen LogP contribution in [0.5, 0.6) is 0 Å². The average Bonchev–Trinajstić information content (AvgIpc) is 3.11. The molecule has 1 unspecified atom stereocenters. The smallest absolute Gasteiger partial charge is 0.462 e. The highest BCUT2D eigenvalue weighted by atomic mass is 31.2. The Morgan fingerprint density at radius 1 is 0.604 bits per heavy atom. The van der Waals surface area contributed by atoms with Gasteiger partial charge in [0.25, 0.3) is 0 Å². The van der Waals surface area contributed by atoms with Gasteiger partial charge in [-0.3, -0.25) is 18.6 Å². The molecule has 0 fully saturated rings. The summed E-state index contributed by atoms with van der Waals surface area (Å²) < 4.78 is 32.5. The highest BCUT2D eigenvalue weighted by molar-refractivity contribution is 7.47. The quantitative estimate of drug-likeness (QED) is 0.0208. The second kappa shape index (κ2) is 35.6.